The number of benzene rings is 2. The van der Waals surface area contributed by atoms with E-state index >= 15 is 0 Å². The first kappa shape index (κ1) is 30.0. The molecule has 1 aliphatic rings. The third-order valence-electron chi connectivity index (χ3n) is 6.86. The topological polar surface area (TPSA) is 108 Å². The van der Waals surface area contributed by atoms with E-state index in [4.69, 9.17) is 4.74 Å². The van der Waals surface area contributed by atoms with Crippen LogP contribution in [0.5, 0.6) is 5.75 Å². The lowest BCUT2D eigenvalue weighted by Crippen LogP contribution is -2.57. The van der Waals surface area contributed by atoms with Crippen molar-refractivity contribution in [2.45, 2.75) is 97.9 Å². The van der Waals surface area contributed by atoms with E-state index in [1.165, 1.54) is 12.1 Å². The largest absolute Gasteiger partial charge is 0.508 e. The summed E-state index contributed by atoms with van der Waals surface area (Å²) in [5.74, 6) is -0.619. The molecule has 3 rings (SSSR count). The second-order valence-electron chi connectivity index (χ2n) is 11.9. The average Bonchev–Trinajstić information content (AvgIpc) is 2.77. The Kier molecular flexibility index (Phi) is 9.64. The molecule has 2 aromatic carbocycles. The van der Waals surface area contributed by atoms with Crippen LogP contribution in [0.4, 0.5) is 10.5 Å². The van der Waals surface area contributed by atoms with Crippen LogP contribution in [-0.4, -0.2) is 45.6 Å². The molecule has 212 valence electrons. The number of rotatable bonds is 9. The number of nitrogens with zero attached hydrogens (tertiary/aromatic N) is 1. The molecule has 2 aromatic rings. The fourth-order valence-electron chi connectivity index (χ4n) is 4.84. The van der Waals surface area contributed by atoms with Gasteiger partial charge in [-0.3, -0.25) is 9.59 Å². The minimum absolute atomic E-state index is 0.00370. The molecule has 8 nitrogen and oxygen atoms in total. The molecule has 0 aliphatic heterocycles. The second-order valence-corrected chi connectivity index (χ2v) is 11.9. The van der Waals surface area contributed by atoms with Crippen LogP contribution in [0.15, 0.2) is 42.5 Å². The molecule has 2 unspecified atom stereocenters. The summed E-state index contributed by atoms with van der Waals surface area (Å²) >= 11 is 0. The van der Waals surface area contributed by atoms with Crippen LogP contribution >= 0.6 is 0 Å². The number of phenols is 1. The van der Waals surface area contributed by atoms with Crippen LogP contribution < -0.4 is 10.6 Å². The van der Waals surface area contributed by atoms with Gasteiger partial charge in [0.2, 0.25) is 5.91 Å². The Balaban J connectivity index is 2.05. The number of para-hydroxylation sites is 1. The van der Waals surface area contributed by atoms with Crippen LogP contribution in [0.2, 0.25) is 0 Å². The van der Waals surface area contributed by atoms with Crippen molar-refractivity contribution in [3.8, 4) is 5.75 Å². The molecule has 0 saturated heterocycles. The zero-order valence-corrected chi connectivity index (χ0v) is 24.2. The Morgan fingerprint density at radius 3 is 2.18 bits per heavy atom. The van der Waals surface area contributed by atoms with Crippen LogP contribution in [0, 0.1) is 19.8 Å². The monoisotopic (exact) mass is 537 g/mol. The molecule has 39 heavy (non-hydrogen) atoms. The van der Waals surface area contributed by atoms with Gasteiger partial charge in [-0.2, -0.15) is 0 Å². The van der Waals surface area contributed by atoms with Crippen molar-refractivity contribution in [1.29, 1.82) is 0 Å². The van der Waals surface area contributed by atoms with Gasteiger partial charge in [0.05, 0.1) is 0 Å². The predicted octanol–water partition coefficient (Wildman–Crippen LogP) is 6.01. The van der Waals surface area contributed by atoms with Crippen molar-refractivity contribution in [1.82, 2.24) is 10.2 Å². The van der Waals surface area contributed by atoms with Gasteiger partial charge in [0.25, 0.3) is 5.91 Å². The molecule has 0 aromatic heterocycles. The minimum Gasteiger partial charge on any atom is -0.508 e. The summed E-state index contributed by atoms with van der Waals surface area (Å²) in [5.41, 5.74) is 2.28. The zero-order valence-electron chi connectivity index (χ0n) is 24.2. The van der Waals surface area contributed by atoms with Crippen molar-refractivity contribution in [3.63, 3.8) is 0 Å². The number of alkyl carbamates (subject to hydrolysis) is 1. The Morgan fingerprint density at radius 2 is 1.67 bits per heavy atom. The van der Waals surface area contributed by atoms with Gasteiger partial charge in [-0.15, -0.1) is 0 Å². The van der Waals surface area contributed by atoms with Crippen LogP contribution in [0.1, 0.15) is 83.0 Å². The van der Waals surface area contributed by atoms with Gasteiger partial charge >= 0.3 is 6.09 Å². The standard InChI is InChI=1S/C31H43N3O5/c1-19(2)17-25(32-30(38)39-31(5,6)7)29(37)34(23-14-10-15-23)27(22-13-9-16-24(35)18-22)28(36)33-26-20(3)11-8-12-21(26)4/h8-9,11-13,16,18-19,23,25,27,35H,10,14-15,17H2,1-7H3,(H,32,38)(H,33,36). The summed E-state index contributed by atoms with van der Waals surface area (Å²) in [4.78, 5) is 42.8. The number of phenolic OH excluding ortho intramolecular Hbond substituents is 1. The first-order valence-electron chi connectivity index (χ1n) is 13.7. The lowest BCUT2D eigenvalue weighted by molar-refractivity contribution is -0.146. The Labute approximate surface area is 232 Å². The number of ether oxygens (including phenoxy) is 1. The number of carbonyl (C=O) groups is 3. The first-order chi connectivity index (χ1) is 18.3. The molecular weight excluding hydrogens is 494 g/mol. The van der Waals surface area contributed by atoms with Crippen molar-refractivity contribution >= 4 is 23.6 Å². The highest BCUT2D eigenvalue weighted by molar-refractivity contribution is 6.00. The smallest absolute Gasteiger partial charge is 0.408 e. The molecule has 3 amide bonds. The van der Waals surface area contributed by atoms with Gasteiger partial charge in [-0.25, -0.2) is 4.79 Å². The summed E-state index contributed by atoms with van der Waals surface area (Å²) in [6, 6.07) is 10.2. The summed E-state index contributed by atoms with van der Waals surface area (Å²) in [6.07, 6.45) is 2.14. The van der Waals surface area contributed by atoms with E-state index in [0.717, 1.165) is 30.4 Å². The molecule has 1 aliphatic carbocycles. The van der Waals surface area contributed by atoms with E-state index in [2.05, 4.69) is 10.6 Å². The number of aromatic hydroxyl groups is 1. The van der Waals surface area contributed by atoms with E-state index < -0.39 is 23.8 Å². The maximum absolute atomic E-state index is 14.3. The molecule has 2 atom stereocenters. The van der Waals surface area contributed by atoms with Crippen LogP contribution in [0.25, 0.3) is 0 Å². The highest BCUT2D eigenvalue weighted by atomic mass is 16.6. The number of aryl methyl sites for hydroxylation is 2. The van der Waals surface area contributed by atoms with Crippen molar-refractivity contribution in [3.05, 3.63) is 59.2 Å². The molecule has 0 radical (unpaired) electrons. The molecule has 0 bridgehead atoms. The summed E-state index contributed by atoms with van der Waals surface area (Å²) < 4.78 is 5.46. The van der Waals surface area contributed by atoms with Gasteiger partial charge < -0.3 is 25.4 Å². The van der Waals surface area contributed by atoms with E-state index in [9.17, 15) is 19.5 Å². The fraction of sp³-hybridized carbons (Fsp3) is 0.516. The normalized spacial score (nSPS) is 15.2. The zero-order chi connectivity index (χ0) is 28.9. The Hall–Kier alpha value is -3.55. The number of nitrogens with one attached hydrogen (secondary N) is 2. The number of anilines is 1. The SMILES string of the molecule is Cc1cccc(C)c1NC(=O)C(c1cccc(O)c1)N(C(=O)C(CC(C)C)NC(=O)OC(C)(C)C)C1CCC1. The summed E-state index contributed by atoms with van der Waals surface area (Å²) in [5, 5.41) is 16.1. The van der Waals surface area contributed by atoms with E-state index in [-0.39, 0.29) is 29.5 Å². The minimum atomic E-state index is -1.01. The van der Waals surface area contributed by atoms with Gasteiger partial charge in [0.1, 0.15) is 23.4 Å². The third-order valence-corrected chi connectivity index (χ3v) is 6.86. The van der Waals surface area contributed by atoms with Gasteiger partial charge in [0.15, 0.2) is 0 Å². The first-order valence-corrected chi connectivity index (χ1v) is 13.7. The summed E-state index contributed by atoms with van der Waals surface area (Å²) in [6.45, 7) is 13.1. The number of hydrogen-bond donors (Lipinski definition) is 3. The molecule has 8 heteroatoms. The second kappa shape index (κ2) is 12.5. The van der Waals surface area contributed by atoms with Gasteiger partial charge in [-0.1, -0.05) is 44.2 Å². The highest BCUT2D eigenvalue weighted by Crippen LogP contribution is 2.36. The van der Waals surface area contributed by atoms with Crippen molar-refractivity contribution in [2.75, 3.05) is 5.32 Å². The average molecular weight is 538 g/mol. The van der Waals surface area contributed by atoms with Crippen molar-refractivity contribution < 1.29 is 24.2 Å². The van der Waals surface area contributed by atoms with E-state index in [1.54, 1.807) is 37.8 Å². The Morgan fingerprint density at radius 1 is 1.05 bits per heavy atom. The van der Waals surface area contributed by atoms with Crippen molar-refractivity contribution in [2.24, 2.45) is 5.92 Å². The number of amides is 3. The molecule has 0 heterocycles. The molecule has 1 saturated carbocycles. The molecule has 1 fully saturated rings. The van der Waals surface area contributed by atoms with E-state index in [1.807, 2.05) is 45.9 Å². The molecular formula is C31H43N3O5. The molecule has 3 N–H and O–H groups in total. The third kappa shape index (κ3) is 7.97. The lowest BCUT2D eigenvalue weighted by Gasteiger charge is -2.44. The number of hydrogen-bond acceptors (Lipinski definition) is 5. The van der Waals surface area contributed by atoms with Gasteiger partial charge in [-0.05, 0) is 95.0 Å². The maximum atomic E-state index is 14.3. The predicted molar refractivity (Wildman–Crippen MR) is 152 cm³/mol. The fourth-order valence-corrected chi connectivity index (χ4v) is 4.84. The quantitative estimate of drug-likeness (QED) is 0.363. The highest BCUT2D eigenvalue weighted by Gasteiger charge is 2.42. The van der Waals surface area contributed by atoms with E-state index in [0.29, 0.717) is 17.7 Å². The number of carbonyl (C=O) groups excluding carboxylic acids is 3. The Bertz CT molecular complexity index is 1160. The molecule has 0 spiro atoms. The van der Waals surface area contributed by atoms with Gasteiger partial charge in [0, 0.05) is 11.7 Å². The lowest BCUT2D eigenvalue weighted by atomic mass is 9.87. The van der Waals surface area contributed by atoms with Crippen LogP contribution in [0.3, 0.4) is 0 Å². The van der Waals surface area contributed by atoms with Crippen LogP contribution in [-0.2, 0) is 14.3 Å². The maximum Gasteiger partial charge on any atom is 0.408 e. The summed E-state index contributed by atoms with van der Waals surface area (Å²) in [7, 11) is 0.